The molecule has 0 unspecified atom stereocenters. The van der Waals surface area contributed by atoms with E-state index in [-0.39, 0.29) is 5.54 Å². The van der Waals surface area contributed by atoms with Gasteiger partial charge in [0, 0.05) is 10.0 Å². The molecule has 0 heterocycles. The van der Waals surface area contributed by atoms with Gasteiger partial charge in [-0.05, 0) is 40.4 Å². The predicted octanol–water partition coefficient (Wildman–Crippen LogP) is 3.05. The zero-order valence-corrected chi connectivity index (χ0v) is 8.82. The molecular formula is C9H9BrClN. The first-order valence-electron chi connectivity index (χ1n) is 3.87. The van der Waals surface area contributed by atoms with E-state index in [1.54, 1.807) is 0 Å². The summed E-state index contributed by atoms with van der Waals surface area (Å²) in [6.45, 7) is 0. The van der Waals surface area contributed by atoms with Crippen molar-refractivity contribution in [3.8, 4) is 0 Å². The maximum Gasteiger partial charge on any atom is 0.0598 e. The van der Waals surface area contributed by atoms with Crippen LogP contribution in [-0.4, -0.2) is 0 Å². The van der Waals surface area contributed by atoms with Crippen molar-refractivity contribution in [1.29, 1.82) is 0 Å². The van der Waals surface area contributed by atoms with Crippen molar-refractivity contribution in [1.82, 2.24) is 0 Å². The fourth-order valence-corrected chi connectivity index (χ4v) is 1.97. The minimum atomic E-state index is -0.138. The summed E-state index contributed by atoms with van der Waals surface area (Å²) in [5.74, 6) is 0. The Balaban J connectivity index is 2.51. The lowest BCUT2D eigenvalue weighted by Gasteiger charge is -2.11. The molecule has 0 radical (unpaired) electrons. The zero-order chi connectivity index (χ0) is 8.77. The van der Waals surface area contributed by atoms with Crippen molar-refractivity contribution in [2.75, 3.05) is 0 Å². The van der Waals surface area contributed by atoms with Gasteiger partial charge in [0.25, 0.3) is 0 Å². The molecule has 64 valence electrons. The molecule has 2 N–H and O–H groups in total. The highest BCUT2D eigenvalue weighted by Gasteiger charge is 2.41. The highest BCUT2D eigenvalue weighted by molar-refractivity contribution is 9.10. The Morgan fingerprint density at radius 3 is 2.67 bits per heavy atom. The molecule has 12 heavy (non-hydrogen) atoms. The third-order valence-electron chi connectivity index (χ3n) is 2.28. The van der Waals surface area contributed by atoms with Gasteiger partial charge in [0.15, 0.2) is 0 Å². The van der Waals surface area contributed by atoms with Crippen LogP contribution in [0.25, 0.3) is 0 Å². The molecule has 0 aromatic heterocycles. The number of benzene rings is 1. The summed E-state index contributed by atoms with van der Waals surface area (Å²) < 4.78 is 0.929. The summed E-state index contributed by atoms with van der Waals surface area (Å²) in [4.78, 5) is 0. The number of hydrogen-bond donors (Lipinski definition) is 1. The first-order chi connectivity index (χ1) is 5.63. The Morgan fingerprint density at radius 1 is 1.42 bits per heavy atom. The molecule has 0 saturated heterocycles. The Morgan fingerprint density at radius 2 is 2.08 bits per heavy atom. The van der Waals surface area contributed by atoms with Gasteiger partial charge in [-0.1, -0.05) is 23.7 Å². The van der Waals surface area contributed by atoms with Crippen LogP contribution in [0.1, 0.15) is 18.4 Å². The van der Waals surface area contributed by atoms with Crippen LogP contribution >= 0.6 is 27.5 Å². The maximum atomic E-state index is 6.09. The van der Waals surface area contributed by atoms with Crippen LogP contribution < -0.4 is 5.73 Å². The lowest BCUT2D eigenvalue weighted by atomic mass is 10.1. The SMILES string of the molecule is NC1(c2cccc(Br)c2Cl)CC1. The smallest absolute Gasteiger partial charge is 0.0598 e. The average Bonchev–Trinajstić information content (AvgIpc) is 2.75. The molecule has 0 amide bonds. The molecule has 1 aromatic carbocycles. The highest BCUT2D eigenvalue weighted by atomic mass is 79.9. The van der Waals surface area contributed by atoms with Gasteiger partial charge in [0.05, 0.1) is 5.02 Å². The van der Waals surface area contributed by atoms with E-state index in [9.17, 15) is 0 Å². The average molecular weight is 247 g/mol. The van der Waals surface area contributed by atoms with Gasteiger partial charge in [0.1, 0.15) is 0 Å². The fraction of sp³-hybridized carbons (Fsp3) is 0.333. The van der Waals surface area contributed by atoms with E-state index in [0.29, 0.717) is 0 Å². The third kappa shape index (κ3) is 1.28. The molecule has 3 heteroatoms. The van der Waals surface area contributed by atoms with Crippen LogP contribution in [0.4, 0.5) is 0 Å². The number of hydrogen-bond acceptors (Lipinski definition) is 1. The van der Waals surface area contributed by atoms with Crippen molar-refractivity contribution >= 4 is 27.5 Å². The summed E-state index contributed by atoms with van der Waals surface area (Å²) in [6, 6.07) is 5.90. The van der Waals surface area contributed by atoms with Gasteiger partial charge < -0.3 is 5.73 Å². The van der Waals surface area contributed by atoms with Crippen LogP contribution in [0.3, 0.4) is 0 Å². The third-order valence-corrected chi connectivity index (χ3v) is 3.57. The molecule has 0 spiro atoms. The first kappa shape index (κ1) is 8.54. The van der Waals surface area contributed by atoms with Gasteiger partial charge in [-0.25, -0.2) is 0 Å². The number of rotatable bonds is 1. The normalized spacial score (nSPS) is 19.2. The van der Waals surface area contributed by atoms with E-state index in [1.165, 1.54) is 0 Å². The van der Waals surface area contributed by atoms with Crippen molar-refractivity contribution in [2.24, 2.45) is 5.73 Å². The molecule has 1 aromatic rings. The quantitative estimate of drug-likeness (QED) is 0.810. The van der Waals surface area contributed by atoms with E-state index in [2.05, 4.69) is 15.9 Å². The lowest BCUT2D eigenvalue weighted by molar-refractivity contribution is 0.740. The molecule has 2 rings (SSSR count). The molecule has 1 fully saturated rings. The van der Waals surface area contributed by atoms with Crippen LogP contribution in [0, 0.1) is 0 Å². The monoisotopic (exact) mass is 245 g/mol. The van der Waals surface area contributed by atoms with Gasteiger partial charge in [0.2, 0.25) is 0 Å². The Labute approximate surface area is 85.0 Å². The van der Waals surface area contributed by atoms with Crippen LogP contribution in [0.2, 0.25) is 5.02 Å². The van der Waals surface area contributed by atoms with E-state index < -0.39 is 0 Å². The van der Waals surface area contributed by atoms with Crippen LogP contribution in [0.5, 0.6) is 0 Å². The van der Waals surface area contributed by atoms with Crippen molar-refractivity contribution < 1.29 is 0 Å². The molecule has 1 aliphatic carbocycles. The van der Waals surface area contributed by atoms with Crippen molar-refractivity contribution in [3.63, 3.8) is 0 Å². The van der Waals surface area contributed by atoms with E-state index in [1.807, 2.05) is 18.2 Å². The largest absolute Gasteiger partial charge is 0.321 e. The van der Waals surface area contributed by atoms with Crippen LogP contribution in [-0.2, 0) is 5.54 Å². The summed E-state index contributed by atoms with van der Waals surface area (Å²) in [6.07, 6.45) is 2.09. The highest BCUT2D eigenvalue weighted by Crippen LogP contribution is 2.46. The summed E-state index contributed by atoms with van der Waals surface area (Å²) in [5.41, 5.74) is 6.96. The molecular weight excluding hydrogens is 237 g/mol. The maximum absolute atomic E-state index is 6.09. The molecule has 1 nitrogen and oxygen atoms in total. The molecule has 0 bridgehead atoms. The second kappa shape index (κ2) is 2.72. The molecule has 0 aliphatic heterocycles. The second-order valence-electron chi connectivity index (χ2n) is 3.26. The fourth-order valence-electron chi connectivity index (χ4n) is 1.29. The van der Waals surface area contributed by atoms with E-state index in [4.69, 9.17) is 17.3 Å². The molecule has 0 atom stereocenters. The topological polar surface area (TPSA) is 26.0 Å². The summed E-state index contributed by atoms with van der Waals surface area (Å²) in [5, 5.41) is 0.762. The van der Waals surface area contributed by atoms with Gasteiger partial charge >= 0.3 is 0 Å². The van der Waals surface area contributed by atoms with E-state index in [0.717, 1.165) is 27.9 Å². The van der Waals surface area contributed by atoms with Crippen molar-refractivity contribution in [2.45, 2.75) is 18.4 Å². The van der Waals surface area contributed by atoms with Crippen molar-refractivity contribution in [3.05, 3.63) is 33.3 Å². The van der Waals surface area contributed by atoms with Gasteiger partial charge in [-0.3, -0.25) is 0 Å². The Bertz CT molecular complexity index is 320. The predicted molar refractivity (Wildman–Crippen MR) is 54.3 cm³/mol. The number of halogens is 2. The molecule has 1 aliphatic rings. The first-order valence-corrected chi connectivity index (χ1v) is 5.04. The summed E-state index contributed by atoms with van der Waals surface area (Å²) in [7, 11) is 0. The minimum absolute atomic E-state index is 0.138. The Hall–Kier alpha value is -0.0500. The lowest BCUT2D eigenvalue weighted by Crippen LogP contribution is -2.19. The standard InChI is InChI=1S/C9H9BrClN/c10-7-3-1-2-6(8(7)11)9(12)4-5-9/h1-3H,4-5,12H2. The van der Waals surface area contributed by atoms with Crippen LogP contribution in [0.15, 0.2) is 22.7 Å². The van der Waals surface area contributed by atoms with Gasteiger partial charge in [-0.2, -0.15) is 0 Å². The second-order valence-corrected chi connectivity index (χ2v) is 4.49. The van der Waals surface area contributed by atoms with Gasteiger partial charge in [-0.15, -0.1) is 0 Å². The van der Waals surface area contributed by atoms with E-state index >= 15 is 0 Å². The Kier molecular flexibility index (Phi) is 1.94. The summed E-state index contributed by atoms with van der Waals surface area (Å²) >= 11 is 9.47. The minimum Gasteiger partial charge on any atom is -0.321 e. The molecule has 1 saturated carbocycles. The number of nitrogens with two attached hydrogens (primary N) is 1. The zero-order valence-electron chi connectivity index (χ0n) is 6.48.